The molecule has 1 aliphatic rings. The number of hydrogen-bond acceptors (Lipinski definition) is 11. The lowest BCUT2D eigenvalue weighted by Gasteiger charge is -2.27. The van der Waals surface area contributed by atoms with E-state index in [9.17, 15) is 0 Å². The van der Waals surface area contributed by atoms with E-state index in [0.29, 0.717) is 36.5 Å². The Morgan fingerprint density at radius 2 is 1.97 bits per heavy atom. The molecule has 2 aromatic heterocycles. The van der Waals surface area contributed by atoms with Gasteiger partial charge in [-0.25, -0.2) is 0 Å². The molecule has 3 N–H and O–H groups in total. The first kappa shape index (κ1) is 21.1. The molecule has 1 fully saturated rings. The Morgan fingerprint density at radius 3 is 2.74 bits per heavy atom. The van der Waals surface area contributed by atoms with Crippen LogP contribution in [0.1, 0.15) is 12.7 Å². The van der Waals surface area contributed by atoms with Crippen LogP contribution >= 0.6 is 11.8 Å². The van der Waals surface area contributed by atoms with Gasteiger partial charge in [0.2, 0.25) is 17.8 Å². The highest BCUT2D eigenvalue weighted by molar-refractivity contribution is 7.98. The van der Waals surface area contributed by atoms with Crippen LogP contribution in [0.5, 0.6) is 5.75 Å². The summed E-state index contributed by atoms with van der Waals surface area (Å²) in [6, 6.07) is 7.52. The van der Waals surface area contributed by atoms with E-state index in [1.165, 1.54) is 11.8 Å². The standard InChI is InChI=1S/C19H25N9O2S/c1-3-28-18(27-8-10-30-11-9-27)25-26-19(28)31-12-15-22-16(20)24-17(23-15)21-13-6-4-5-7-14(13)29-2/h4-7H,3,8-12H2,1-2H3,(H3,20,21,22,23,24). The first-order valence-electron chi connectivity index (χ1n) is 9.97. The smallest absolute Gasteiger partial charge is 0.232 e. The van der Waals surface area contributed by atoms with E-state index >= 15 is 0 Å². The molecular formula is C19H25N9O2S. The molecule has 0 radical (unpaired) electrons. The average molecular weight is 444 g/mol. The van der Waals surface area contributed by atoms with Gasteiger partial charge in [0.25, 0.3) is 0 Å². The molecule has 11 nitrogen and oxygen atoms in total. The number of nitrogens with two attached hydrogens (primary N) is 1. The second-order valence-corrected chi connectivity index (χ2v) is 7.62. The van der Waals surface area contributed by atoms with Gasteiger partial charge in [0, 0.05) is 19.6 Å². The van der Waals surface area contributed by atoms with E-state index in [1.807, 2.05) is 24.3 Å². The summed E-state index contributed by atoms with van der Waals surface area (Å²) < 4.78 is 12.9. The molecule has 0 spiro atoms. The van der Waals surface area contributed by atoms with Crippen molar-refractivity contribution < 1.29 is 9.47 Å². The Balaban J connectivity index is 1.48. The average Bonchev–Trinajstić information content (AvgIpc) is 3.21. The molecule has 0 atom stereocenters. The van der Waals surface area contributed by atoms with Crippen molar-refractivity contribution in [3.8, 4) is 5.75 Å². The first-order chi connectivity index (χ1) is 15.2. The Morgan fingerprint density at radius 1 is 1.16 bits per heavy atom. The molecule has 0 unspecified atom stereocenters. The second-order valence-electron chi connectivity index (χ2n) is 6.67. The lowest BCUT2D eigenvalue weighted by atomic mass is 10.3. The lowest BCUT2D eigenvalue weighted by Crippen LogP contribution is -2.38. The highest BCUT2D eigenvalue weighted by Gasteiger charge is 2.20. The van der Waals surface area contributed by atoms with Gasteiger partial charge < -0.3 is 25.4 Å². The largest absolute Gasteiger partial charge is 0.495 e. The molecule has 4 rings (SSSR count). The number of nitrogens with one attached hydrogen (secondary N) is 1. The molecule has 1 saturated heterocycles. The van der Waals surface area contributed by atoms with Crippen molar-refractivity contribution in [1.82, 2.24) is 29.7 Å². The number of aromatic nitrogens is 6. The van der Waals surface area contributed by atoms with Crippen molar-refractivity contribution in [3.05, 3.63) is 30.1 Å². The number of nitrogen functional groups attached to an aromatic ring is 1. The van der Waals surface area contributed by atoms with Crippen molar-refractivity contribution in [2.45, 2.75) is 24.4 Å². The number of nitrogens with zero attached hydrogens (tertiary/aromatic N) is 7. The summed E-state index contributed by atoms with van der Waals surface area (Å²) >= 11 is 1.51. The molecule has 0 bridgehead atoms. The van der Waals surface area contributed by atoms with Crippen molar-refractivity contribution in [1.29, 1.82) is 0 Å². The fourth-order valence-electron chi connectivity index (χ4n) is 3.22. The van der Waals surface area contributed by atoms with Gasteiger partial charge in [0.15, 0.2) is 5.16 Å². The Labute approximate surface area is 184 Å². The fourth-order valence-corrected chi connectivity index (χ4v) is 4.07. The van der Waals surface area contributed by atoms with Crippen LogP contribution in [0.25, 0.3) is 0 Å². The molecule has 164 valence electrons. The molecule has 1 aliphatic heterocycles. The van der Waals surface area contributed by atoms with Gasteiger partial charge in [-0.05, 0) is 19.1 Å². The van der Waals surface area contributed by atoms with Gasteiger partial charge in [-0.15, -0.1) is 10.2 Å². The van der Waals surface area contributed by atoms with E-state index in [2.05, 4.69) is 46.9 Å². The minimum absolute atomic E-state index is 0.147. The van der Waals surface area contributed by atoms with Crippen molar-refractivity contribution >= 4 is 35.3 Å². The van der Waals surface area contributed by atoms with Crippen molar-refractivity contribution in [3.63, 3.8) is 0 Å². The molecule has 12 heteroatoms. The Hall–Kier alpha value is -3.12. The summed E-state index contributed by atoms with van der Waals surface area (Å²) in [6.45, 7) is 5.86. The monoisotopic (exact) mass is 443 g/mol. The number of anilines is 4. The van der Waals surface area contributed by atoms with Crippen LogP contribution in [0.2, 0.25) is 0 Å². The molecule has 3 aromatic rings. The SMILES string of the molecule is CCn1c(SCc2nc(N)nc(Nc3ccccc3OC)n2)nnc1N1CCOCC1. The van der Waals surface area contributed by atoms with Crippen LogP contribution < -0.4 is 20.7 Å². The van der Waals surface area contributed by atoms with Gasteiger partial charge in [0.1, 0.15) is 11.6 Å². The van der Waals surface area contributed by atoms with Gasteiger partial charge in [0.05, 0.1) is 31.8 Å². The number of para-hydroxylation sites is 2. The van der Waals surface area contributed by atoms with Crippen LogP contribution in [-0.2, 0) is 17.0 Å². The normalized spacial score (nSPS) is 13.9. The summed E-state index contributed by atoms with van der Waals surface area (Å²) in [6.07, 6.45) is 0. The van der Waals surface area contributed by atoms with E-state index in [-0.39, 0.29) is 5.95 Å². The number of hydrogen-bond donors (Lipinski definition) is 2. The molecule has 31 heavy (non-hydrogen) atoms. The highest BCUT2D eigenvalue weighted by Crippen LogP contribution is 2.27. The summed E-state index contributed by atoms with van der Waals surface area (Å²) in [4.78, 5) is 15.1. The number of ether oxygens (including phenoxy) is 2. The van der Waals surface area contributed by atoms with E-state index in [0.717, 1.165) is 36.4 Å². The lowest BCUT2D eigenvalue weighted by molar-refractivity contribution is 0.121. The van der Waals surface area contributed by atoms with Gasteiger partial charge in [-0.3, -0.25) is 4.57 Å². The predicted molar refractivity (Wildman–Crippen MR) is 119 cm³/mol. The summed E-state index contributed by atoms with van der Waals surface area (Å²) in [5, 5.41) is 12.7. The van der Waals surface area contributed by atoms with Crippen molar-refractivity contribution in [2.24, 2.45) is 0 Å². The van der Waals surface area contributed by atoms with Crippen LogP contribution in [0.4, 0.5) is 23.5 Å². The summed E-state index contributed by atoms with van der Waals surface area (Å²) in [5.41, 5.74) is 6.66. The van der Waals surface area contributed by atoms with Crippen LogP contribution in [0.3, 0.4) is 0 Å². The maximum absolute atomic E-state index is 5.92. The molecule has 1 aromatic carbocycles. The molecule has 0 amide bonds. The fraction of sp³-hybridized carbons (Fsp3) is 0.421. The number of benzene rings is 1. The highest BCUT2D eigenvalue weighted by atomic mass is 32.2. The van der Waals surface area contributed by atoms with E-state index < -0.39 is 0 Å². The third-order valence-electron chi connectivity index (χ3n) is 4.69. The zero-order chi connectivity index (χ0) is 21.6. The summed E-state index contributed by atoms with van der Waals surface area (Å²) in [7, 11) is 1.61. The third-order valence-corrected chi connectivity index (χ3v) is 5.65. The number of methoxy groups -OCH3 is 1. The maximum Gasteiger partial charge on any atom is 0.232 e. The topological polar surface area (TPSA) is 129 Å². The Kier molecular flexibility index (Phi) is 6.67. The molecule has 0 saturated carbocycles. The van der Waals surface area contributed by atoms with E-state index in [1.54, 1.807) is 7.11 Å². The summed E-state index contributed by atoms with van der Waals surface area (Å²) in [5.74, 6) is 3.08. The Bertz CT molecular complexity index is 1020. The van der Waals surface area contributed by atoms with Crippen molar-refractivity contribution in [2.75, 3.05) is 49.4 Å². The molecule has 0 aliphatic carbocycles. The van der Waals surface area contributed by atoms with Gasteiger partial charge >= 0.3 is 0 Å². The van der Waals surface area contributed by atoms with Crippen LogP contribution in [-0.4, -0.2) is 63.1 Å². The minimum atomic E-state index is 0.147. The van der Waals surface area contributed by atoms with E-state index in [4.69, 9.17) is 15.2 Å². The zero-order valence-electron chi connectivity index (χ0n) is 17.5. The number of rotatable bonds is 8. The predicted octanol–water partition coefficient (Wildman–Crippen LogP) is 1.95. The minimum Gasteiger partial charge on any atom is -0.495 e. The zero-order valence-corrected chi connectivity index (χ0v) is 18.3. The van der Waals surface area contributed by atoms with Gasteiger partial charge in [-0.2, -0.15) is 15.0 Å². The molecular weight excluding hydrogens is 418 g/mol. The quantitative estimate of drug-likeness (QED) is 0.495. The number of thioether (sulfide) groups is 1. The molecule has 3 heterocycles. The second kappa shape index (κ2) is 9.79. The van der Waals surface area contributed by atoms with Gasteiger partial charge in [-0.1, -0.05) is 23.9 Å². The van der Waals surface area contributed by atoms with Crippen LogP contribution in [0, 0.1) is 0 Å². The first-order valence-corrected chi connectivity index (χ1v) is 11.0. The van der Waals surface area contributed by atoms with Crippen LogP contribution in [0.15, 0.2) is 29.4 Å². The number of morpholine rings is 1. The third kappa shape index (κ3) is 4.97. The maximum atomic E-state index is 5.92.